The van der Waals surface area contributed by atoms with Crippen molar-refractivity contribution in [3.05, 3.63) is 36.2 Å². The largest absolute Gasteiger partial charge is 0.493 e. The monoisotopic (exact) mass is 273 g/mol. The number of aromatic nitrogens is 2. The van der Waals surface area contributed by atoms with Gasteiger partial charge < -0.3 is 15.2 Å². The highest BCUT2D eigenvalue weighted by molar-refractivity contribution is 5.68. The van der Waals surface area contributed by atoms with Crippen LogP contribution in [0.25, 0.3) is 11.3 Å². The minimum absolute atomic E-state index is 0.329. The highest BCUT2D eigenvalue weighted by Gasteiger charge is 2.10. The molecule has 5 nitrogen and oxygen atoms in total. The Bertz CT molecular complexity index is 573. The number of benzene rings is 1. The van der Waals surface area contributed by atoms with Crippen LogP contribution in [0.1, 0.15) is 19.2 Å². The lowest BCUT2D eigenvalue weighted by Gasteiger charge is -2.11. The number of anilines is 1. The van der Waals surface area contributed by atoms with E-state index < -0.39 is 0 Å². The molecule has 0 aliphatic rings. The van der Waals surface area contributed by atoms with Crippen molar-refractivity contribution < 1.29 is 9.47 Å². The summed E-state index contributed by atoms with van der Waals surface area (Å²) in [6.45, 7) is 3.07. The van der Waals surface area contributed by atoms with Crippen LogP contribution in [0.4, 0.5) is 5.82 Å². The Morgan fingerprint density at radius 2 is 2.00 bits per heavy atom. The average molecular weight is 273 g/mol. The lowest BCUT2D eigenvalue weighted by Crippen LogP contribution is -2.03. The molecule has 5 heteroatoms. The van der Waals surface area contributed by atoms with Gasteiger partial charge in [0.25, 0.3) is 0 Å². The SMILES string of the molecule is CCCOc1ccccc1-c1cc(N)nc(COC)n1. The molecule has 2 aromatic rings. The minimum atomic E-state index is 0.329. The molecule has 0 atom stereocenters. The van der Waals surface area contributed by atoms with Gasteiger partial charge in [0.15, 0.2) is 5.82 Å². The molecule has 0 unspecified atom stereocenters. The van der Waals surface area contributed by atoms with Crippen LogP contribution in [0.5, 0.6) is 5.75 Å². The topological polar surface area (TPSA) is 70.3 Å². The molecule has 0 aliphatic carbocycles. The van der Waals surface area contributed by atoms with Gasteiger partial charge in [0.2, 0.25) is 0 Å². The number of hydrogen-bond donors (Lipinski definition) is 1. The van der Waals surface area contributed by atoms with Crippen molar-refractivity contribution in [2.24, 2.45) is 0 Å². The molecule has 0 fully saturated rings. The van der Waals surface area contributed by atoms with Gasteiger partial charge in [-0.1, -0.05) is 19.1 Å². The van der Waals surface area contributed by atoms with Gasteiger partial charge in [0, 0.05) is 18.7 Å². The molecule has 0 amide bonds. The molecule has 0 spiro atoms. The number of methoxy groups -OCH3 is 1. The van der Waals surface area contributed by atoms with E-state index in [0.29, 0.717) is 24.9 Å². The van der Waals surface area contributed by atoms with Gasteiger partial charge in [-0.2, -0.15) is 0 Å². The lowest BCUT2D eigenvalue weighted by atomic mass is 10.1. The number of nitrogens with zero attached hydrogens (tertiary/aromatic N) is 2. The number of nitrogen functional groups attached to an aromatic ring is 1. The molecule has 1 aromatic heterocycles. The molecule has 0 aliphatic heterocycles. The van der Waals surface area contributed by atoms with Gasteiger partial charge in [0.1, 0.15) is 18.2 Å². The number of nitrogens with two attached hydrogens (primary N) is 1. The van der Waals surface area contributed by atoms with Gasteiger partial charge in [0.05, 0.1) is 12.3 Å². The highest BCUT2D eigenvalue weighted by Crippen LogP contribution is 2.29. The van der Waals surface area contributed by atoms with Crippen molar-refractivity contribution in [1.82, 2.24) is 9.97 Å². The van der Waals surface area contributed by atoms with Crippen molar-refractivity contribution in [2.45, 2.75) is 20.0 Å². The van der Waals surface area contributed by atoms with Gasteiger partial charge in [-0.3, -0.25) is 0 Å². The molecular weight excluding hydrogens is 254 g/mol. The maximum absolute atomic E-state index is 5.83. The first kappa shape index (κ1) is 14.3. The summed E-state index contributed by atoms with van der Waals surface area (Å²) in [6, 6.07) is 9.52. The minimum Gasteiger partial charge on any atom is -0.493 e. The molecule has 0 saturated carbocycles. The second-order valence-corrected chi connectivity index (χ2v) is 4.37. The maximum Gasteiger partial charge on any atom is 0.157 e. The lowest BCUT2D eigenvalue weighted by molar-refractivity contribution is 0.178. The van der Waals surface area contributed by atoms with E-state index in [9.17, 15) is 0 Å². The first-order valence-corrected chi connectivity index (χ1v) is 6.59. The third-order valence-electron chi connectivity index (χ3n) is 2.69. The van der Waals surface area contributed by atoms with Crippen molar-refractivity contribution in [1.29, 1.82) is 0 Å². The van der Waals surface area contributed by atoms with Crippen molar-refractivity contribution in [3.63, 3.8) is 0 Å². The van der Waals surface area contributed by atoms with Crippen molar-refractivity contribution >= 4 is 5.82 Å². The fraction of sp³-hybridized carbons (Fsp3) is 0.333. The Morgan fingerprint density at radius 3 is 2.75 bits per heavy atom. The fourth-order valence-corrected chi connectivity index (χ4v) is 1.87. The third-order valence-corrected chi connectivity index (χ3v) is 2.69. The first-order valence-electron chi connectivity index (χ1n) is 6.59. The molecule has 0 bridgehead atoms. The molecular formula is C15H19N3O2. The van der Waals surface area contributed by atoms with E-state index in [1.807, 2.05) is 24.3 Å². The van der Waals surface area contributed by atoms with Crippen LogP contribution in [0.3, 0.4) is 0 Å². The highest BCUT2D eigenvalue weighted by atomic mass is 16.5. The Hall–Kier alpha value is -2.14. The zero-order valence-corrected chi connectivity index (χ0v) is 11.8. The van der Waals surface area contributed by atoms with E-state index in [0.717, 1.165) is 23.4 Å². The van der Waals surface area contributed by atoms with E-state index in [1.165, 1.54) is 0 Å². The Labute approximate surface area is 118 Å². The number of hydrogen-bond acceptors (Lipinski definition) is 5. The summed E-state index contributed by atoms with van der Waals surface area (Å²) >= 11 is 0. The standard InChI is InChI=1S/C15H19N3O2/c1-3-8-20-13-7-5-4-6-11(13)12-9-14(16)18-15(17-12)10-19-2/h4-7,9H,3,8,10H2,1-2H3,(H2,16,17,18). The maximum atomic E-state index is 5.83. The summed E-state index contributed by atoms with van der Waals surface area (Å²) in [7, 11) is 1.60. The number of ether oxygens (including phenoxy) is 2. The summed E-state index contributed by atoms with van der Waals surface area (Å²) in [5, 5.41) is 0. The molecule has 20 heavy (non-hydrogen) atoms. The van der Waals surface area contributed by atoms with E-state index in [4.69, 9.17) is 15.2 Å². The van der Waals surface area contributed by atoms with Crippen molar-refractivity contribution in [3.8, 4) is 17.0 Å². The summed E-state index contributed by atoms with van der Waals surface area (Å²) in [4.78, 5) is 8.61. The molecule has 1 aromatic carbocycles. The van der Waals surface area contributed by atoms with Gasteiger partial charge in [-0.05, 0) is 18.6 Å². The molecule has 1 heterocycles. The normalized spacial score (nSPS) is 10.5. The predicted octanol–water partition coefficient (Wildman–Crippen LogP) is 2.66. The predicted molar refractivity (Wildman–Crippen MR) is 78.4 cm³/mol. The van der Waals surface area contributed by atoms with Crippen LogP contribution < -0.4 is 10.5 Å². The molecule has 2 N–H and O–H groups in total. The number of para-hydroxylation sites is 1. The average Bonchev–Trinajstić information content (AvgIpc) is 2.45. The third kappa shape index (κ3) is 3.45. The van der Waals surface area contributed by atoms with Crippen LogP contribution in [0, 0.1) is 0 Å². The molecule has 2 rings (SSSR count). The van der Waals surface area contributed by atoms with Crippen LogP contribution >= 0.6 is 0 Å². The summed E-state index contributed by atoms with van der Waals surface area (Å²) in [5.41, 5.74) is 7.49. The van der Waals surface area contributed by atoms with E-state index in [2.05, 4.69) is 16.9 Å². The molecule has 0 saturated heterocycles. The second kappa shape index (κ2) is 6.86. The van der Waals surface area contributed by atoms with Crippen LogP contribution in [0.2, 0.25) is 0 Å². The summed E-state index contributed by atoms with van der Waals surface area (Å²) in [5.74, 6) is 1.79. The van der Waals surface area contributed by atoms with Gasteiger partial charge in [-0.25, -0.2) is 9.97 Å². The summed E-state index contributed by atoms with van der Waals surface area (Å²) < 4.78 is 10.8. The van der Waals surface area contributed by atoms with Crippen LogP contribution in [0.15, 0.2) is 30.3 Å². The summed E-state index contributed by atoms with van der Waals surface area (Å²) in [6.07, 6.45) is 0.954. The Balaban J connectivity index is 2.40. The fourth-order valence-electron chi connectivity index (χ4n) is 1.87. The molecule has 0 radical (unpaired) electrons. The number of rotatable bonds is 6. The second-order valence-electron chi connectivity index (χ2n) is 4.37. The van der Waals surface area contributed by atoms with Crippen LogP contribution in [-0.2, 0) is 11.3 Å². The Morgan fingerprint density at radius 1 is 1.20 bits per heavy atom. The Kier molecular flexibility index (Phi) is 4.90. The van der Waals surface area contributed by atoms with Gasteiger partial charge >= 0.3 is 0 Å². The smallest absolute Gasteiger partial charge is 0.157 e. The quantitative estimate of drug-likeness (QED) is 0.876. The van der Waals surface area contributed by atoms with Crippen LogP contribution in [-0.4, -0.2) is 23.7 Å². The molecule has 106 valence electrons. The van der Waals surface area contributed by atoms with E-state index in [1.54, 1.807) is 13.2 Å². The first-order chi connectivity index (χ1) is 9.74. The zero-order chi connectivity index (χ0) is 14.4. The van der Waals surface area contributed by atoms with Gasteiger partial charge in [-0.15, -0.1) is 0 Å². The van der Waals surface area contributed by atoms with E-state index in [-0.39, 0.29) is 0 Å². The van der Waals surface area contributed by atoms with Crippen molar-refractivity contribution in [2.75, 3.05) is 19.5 Å². The van der Waals surface area contributed by atoms with E-state index >= 15 is 0 Å². The zero-order valence-electron chi connectivity index (χ0n) is 11.8.